The second-order valence-electron chi connectivity index (χ2n) is 14.1. The maximum absolute atomic E-state index is 6.98. The lowest BCUT2D eigenvalue weighted by Crippen LogP contribution is -2.61. The number of para-hydroxylation sites is 2. The molecule has 0 fully saturated rings. The molecule has 0 spiro atoms. The van der Waals surface area contributed by atoms with E-state index in [2.05, 4.69) is 145 Å². The number of nitrogens with zero attached hydrogens (tertiary/aromatic N) is 2. The number of halogens is 2. The van der Waals surface area contributed by atoms with Gasteiger partial charge >= 0.3 is 0 Å². The van der Waals surface area contributed by atoms with Gasteiger partial charge in [0.1, 0.15) is 0 Å². The van der Waals surface area contributed by atoms with Crippen molar-refractivity contribution in [3.63, 3.8) is 0 Å². The Labute approximate surface area is 278 Å². The van der Waals surface area contributed by atoms with Crippen LogP contribution in [0, 0.1) is 41.5 Å². The predicted octanol–water partition coefficient (Wildman–Crippen LogP) is 10.2. The van der Waals surface area contributed by atoms with Crippen molar-refractivity contribution in [3.8, 4) is 0 Å². The minimum Gasteiger partial charge on any atom is -0.311 e. The van der Waals surface area contributed by atoms with Crippen LogP contribution in [0.5, 0.6) is 0 Å². The Bertz CT molecular complexity index is 1880. The summed E-state index contributed by atoms with van der Waals surface area (Å²) in [5.41, 5.74) is 19.2. The van der Waals surface area contributed by atoms with Gasteiger partial charge in [0.2, 0.25) is 0 Å². The summed E-state index contributed by atoms with van der Waals surface area (Å²) in [5.74, 6) is 0. The van der Waals surface area contributed by atoms with E-state index in [0.717, 1.165) is 32.5 Å². The lowest BCUT2D eigenvalue weighted by molar-refractivity contribution is 0.590. The molecule has 0 aliphatic carbocycles. The lowest BCUT2D eigenvalue weighted by Gasteiger charge is -2.46. The van der Waals surface area contributed by atoms with Gasteiger partial charge in [0.05, 0.1) is 11.4 Å². The summed E-state index contributed by atoms with van der Waals surface area (Å²) in [6, 6.07) is 27.0. The third-order valence-electron chi connectivity index (χ3n) is 9.82. The molecule has 2 nitrogen and oxygen atoms in total. The van der Waals surface area contributed by atoms with Crippen molar-refractivity contribution in [3.05, 3.63) is 122 Å². The average Bonchev–Trinajstić information content (AvgIpc) is 2.96. The monoisotopic (exact) mass is 628 g/mol. The van der Waals surface area contributed by atoms with Crippen LogP contribution in [0.4, 0.5) is 34.1 Å². The van der Waals surface area contributed by atoms with Crippen LogP contribution in [0.1, 0.15) is 59.7 Å². The van der Waals surface area contributed by atoms with Crippen LogP contribution >= 0.6 is 23.2 Å². The van der Waals surface area contributed by atoms with Crippen LogP contribution in [-0.2, 0) is 5.41 Å². The van der Waals surface area contributed by atoms with E-state index < -0.39 is 0 Å². The number of anilines is 6. The maximum atomic E-state index is 6.98. The largest absolute Gasteiger partial charge is 0.311 e. The van der Waals surface area contributed by atoms with Gasteiger partial charge in [-0.3, -0.25) is 0 Å². The highest BCUT2D eigenvalue weighted by atomic mass is 35.5. The van der Waals surface area contributed by atoms with Gasteiger partial charge in [-0.1, -0.05) is 92.5 Å². The highest BCUT2D eigenvalue weighted by Crippen LogP contribution is 2.49. The van der Waals surface area contributed by atoms with Gasteiger partial charge in [-0.15, -0.1) is 0 Å². The smallest absolute Gasteiger partial charge is 0.252 e. The molecule has 5 aromatic rings. The van der Waals surface area contributed by atoms with Crippen molar-refractivity contribution in [2.75, 3.05) is 9.80 Å². The van der Waals surface area contributed by atoms with Crippen molar-refractivity contribution in [2.45, 2.75) is 67.7 Å². The molecule has 0 saturated carbocycles. The molecule has 5 heteroatoms. The first kappa shape index (κ1) is 30.0. The van der Waals surface area contributed by atoms with Gasteiger partial charge in [0.25, 0.3) is 6.71 Å². The molecule has 2 aliphatic rings. The summed E-state index contributed by atoms with van der Waals surface area (Å²) in [6.45, 7) is 20.0. The zero-order valence-electron chi connectivity index (χ0n) is 27.7. The van der Waals surface area contributed by atoms with E-state index in [1.807, 2.05) is 0 Å². The summed E-state index contributed by atoms with van der Waals surface area (Å²) in [6.07, 6.45) is 0. The summed E-state index contributed by atoms with van der Waals surface area (Å²) in [4.78, 5) is 4.99. The Morgan fingerprint density at radius 3 is 1.24 bits per heavy atom. The molecule has 0 aromatic heterocycles. The van der Waals surface area contributed by atoms with Gasteiger partial charge in [0.15, 0.2) is 0 Å². The van der Waals surface area contributed by atoms with Crippen LogP contribution in [0.3, 0.4) is 0 Å². The summed E-state index contributed by atoms with van der Waals surface area (Å²) in [5, 5.41) is 1.56. The molecule has 0 atom stereocenters. The molecule has 2 aliphatic heterocycles. The Morgan fingerprint density at radius 2 is 0.889 bits per heavy atom. The zero-order chi connectivity index (χ0) is 32.1. The van der Waals surface area contributed by atoms with E-state index in [1.54, 1.807) is 0 Å². The van der Waals surface area contributed by atoms with Crippen LogP contribution < -0.4 is 26.2 Å². The molecule has 226 valence electrons. The molecular weight excluding hydrogens is 590 g/mol. The molecule has 45 heavy (non-hydrogen) atoms. The van der Waals surface area contributed by atoms with Crippen molar-refractivity contribution >= 4 is 80.4 Å². The van der Waals surface area contributed by atoms with Gasteiger partial charge in [0, 0.05) is 32.8 Å². The van der Waals surface area contributed by atoms with E-state index in [0.29, 0.717) is 0 Å². The van der Waals surface area contributed by atoms with E-state index in [1.165, 1.54) is 67.0 Å². The quantitative estimate of drug-likeness (QED) is 0.176. The van der Waals surface area contributed by atoms with Crippen LogP contribution in [0.25, 0.3) is 0 Å². The fourth-order valence-corrected chi connectivity index (χ4v) is 7.81. The number of rotatable bonds is 2. The fraction of sp³-hybridized carbons (Fsp3) is 0.250. The van der Waals surface area contributed by atoms with Gasteiger partial charge in [-0.25, -0.2) is 0 Å². The summed E-state index contributed by atoms with van der Waals surface area (Å²) < 4.78 is 0. The second-order valence-corrected chi connectivity index (χ2v) is 14.9. The van der Waals surface area contributed by atoms with E-state index in [-0.39, 0.29) is 12.1 Å². The van der Waals surface area contributed by atoms with E-state index in [9.17, 15) is 0 Å². The average molecular weight is 629 g/mol. The minimum atomic E-state index is -0.0870. The van der Waals surface area contributed by atoms with Crippen LogP contribution in [0.15, 0.2) is 72.8 Å². The Morgan fingerprint density at radius 1 is 0.511 bits per heavy atom. The van der Waals surface area contributed by atoms with Crippen molar-refractivity contribution in [2.24, 2.45) is 0 Å². The standard InChI is InChI=1S/C40H39BCl2N2/c1-22-12-10-13-23(2)38(22)44-33-20-31(42)26(5)16-29(33)41-30-17-27(6)32(43)21-34(30)45(39-24(3)14-11-15-25(39)4)36-19-28(40(7,8)9)18-35(44)37(36)41/h10-21H,1-9H3. The van der Waals surface area contributed by atoms with Crippen molar-refractivity contribution < 1.29 is 0 Å². The fourth-order valence-electron chi connectivity index (χ4n) is 7.49. The van der Waals surface area contributed by atoms with E-state index >= 15 is 0 Å². The third-order valence-corrected chi connectivity index (χ3v) is 10.6. The number of fused-ring (bicyclic) bond motifs is 4. The first-order chi connectivity index (χ1) is 21.3. The van der Waals surface area contributed by atoms with Crippen molar-refractivity contribution in [1.82, 2.24) is 0 Å². The highest BCUT2D eigenvalue weighted by molar-refractivity contribution is 7.00. The molecule has 0 radical (unpaired) electrons. The second kappa shape index (κ2) is 10.4. The third kappa shape index (κ3) is 4.54. The number of benzene rings is 5. The molecule has 2 heterocycles. The van der Waals surface area contributed by atoms with Gasteiger partial charge in [-0.05, 0) is 127 Å². The predicted molar refractivity (Wildman–Crippen MR) is 198 cm³/mol. The Kier molecular flexibility index (Phi) is 6.97. The minimum absolute atomic E-state index is 0.0158. The molecule has 0 amide bonds. The van der Waals surface area contributed by atoms with Crippen LogP contribution in [-0.4, -0.2) is 6.71 Å². The molecule has 0 bridgehead atoms. The molecule has 0 unspecified atom stereocenters. The normalized spacial score (nSPS) is 13.5. The van der Waals surface area contributed by atoms with E-state index in [4.69, 9.17) is 23.2 Å². The molecule has 0 saturated heterocycles. The number of aryl methyl sites for hydroxylation is 6. The first-order valence-electron chi connectivity index (χ1n) is 15.8. The molecule has 0 N–H and O–H groups in total. The van der Waals surface area contributed by atoms with Gasteiger partial charge < -0.3 is 9.80 Å². The van der Waals surface area contributed by atoms with Gasteiger partial charge in [-0.2, -0.15) is 0 Å². The lowest BCUT2D eigenvalue weighted by atomic mass is 9.33. The summed E-state index contributed by atoms with van der Waals surface area (Å²) >= 11 is 14.0. The highest BCUT2D eigenvalue weighted by Gasteiger charge is 2.45. The number of hydrogen-bond acceptors (Lipinski definition) is 2. The Balaban J connectivity index is 1.71. The topological polar surface area (TPSA) is 6.48 Å². The zero-order valence-corrected chi connectivity index (χ0v) is 29.2. The van der Waals surface area contributed by atoms with Crippen LogP contribution in [0.2, 0.25) is 10.0 Å². The Hall–Kier alpha value is -3.66. The molecule has 7 rings (SSSR count). The molecular formula is C40H39BCl2N2. The SMILES string of the molecule is Cc1cc2c(cc1Cl)N(c1c(C)cccc1C)c1cc(C(C)(C)C)cc3c1B2c1cc(C)c(Cl)cc1N3c1c(C)cccc1C. The van der Waals surface area contributed by atoms with Crippen molar-refractivity contribution in [1.29, 1.82) is 0 Å². The summed E-state index contributed by atoms with van der Waals surface area (Å²) in [7, 11) is 0. The number of hydrogen-bond donors (Lipinski definition) is 0. The molecule has 5 aromatic carbocycles. The first-order valence-corrected chi connectivity index (χ1v) is 16.5. The maximum Gasteiger partial charge on any atom is 0.252 e.